The van der Waals surface area contributed by atoms with Crippen LogP contribution < -0.4 is 10.1 Å². The van der Waals surface area contributed by atoms with Crippen LogP contribution in [0, 0.1) is 0 Å². The average molecular weight is 178 g/mol. The zero-order chi connectivity index (χ0) is 9.52. The Morgan fingerprint density at radius 1 is 1.69 bits per heavy atom. The normalized spacial score (nSPS) is 9.62. The highest BCUT2D eigenvalue weighted by Gasteiger charge is 2.01. The molecule has 0 bridgehead atoms. The van der Waals surface area contributed by atoms with Crippen molar-refractivity contribution in [3.63, 3.8) is 0 Å². The summed E-state index contributed by atoms with van der Waals surface area (Å²) in [6, 6.07) is 3.88. The van der Waals surface area contributed by atoms with Gasteiger partial charge in [-0.15, -0.1) is 0 Å². The van der Waals surface area contributed by atoms with E-state index in [1.165, 1.54) is 0 Å². The molecule has 0 aliphatic carbocycles. The molecule has 0 aliphatic heterocycles. The highest BCUT2D eigenvalue weighted by Crippen LogP contribution is 2.13. The molecule has 3 nitrogen and oxygen atoms in total. The second-order valence-electron chi connectivity index (χ2n) is 2.60. The SMILES string of the molecule is C=CCOc1ncccc1CNC. The van der Waals surface area contributed by atoms with Gasteiger partial charge in [-0.25, -0.2) is 4.98 Å². The Morgan fingerprint density at radius 3 is 3.23 bits per heavy atom. The molecule has 0 saturated heterocycles. The van der Waals surface area contributed by atoms with Gasteiger partial charge in [-0.1, -0.05) is 18.7 Å². The number of rotatable bonds is 5. The van der Waals surface area contributed by atoms with Crippen LogP contribution in [0.15, 0.2) is 31.0 Å². The van der Waals surface area contributed by atoms with Gasteiger partial charge in [-0.3, -0.25) is 0 Å². The fraction of sp³-hybridized carbons (Fsp3) is 0.300. The Bertz CT molecular complexity index is 273. The van der Waals surface area contributed by atoms with Crippen LogP contribution in [0.5, 0.6) is 5.88 Å². The van der Waals surface area contributed by atoms with Gasteiger partial charge in [0.2, 0.25) is 5.88 Å². The lowest BCUT2D eigenvalue weighted by Crippen LogP contribution is -2.08. The van der Waals surface area contributed by atoms with E-state index in [1.807, 2.05) is 19.2 Å². The molecule has 70 valence electrons. The molecule has 0 amide bonds. The minimum atomic E-state index is 0.494. The maximum Gasteiger partial charge on any atom is 0.218 e. The van der Waals surface area contributed by atoms with Gasteiger partial charge in [0.25, 0.3) is 0 Å². The quantitative estimate of drug-likeness (QED) is 0.691. The molecule has 0 atom stereocenters. The highest BCUT2D eigenvalue weighted by atomic mass is 16.5. The van der Waals surface area contributed by atoms with Crippen LogP contribution in [0.1, 0.15) is 5.56 Å². The van der Waals surface area contributed by atoms with Crippen LogP contribution in [-0.2, 0) is 6.54 Å². The first-order chi connectivity index (χ1) is 6.38. The summed E-state index contributed by atoms with van der Waals surface area (Å²) in [5.74, 6) is 0.678. The molecule has 0 saturated carbocycles. The topological polar surface area (TPSA) is 34.1 Å². The largest absolute Gasteiger partial charge is 0.473 e. The molecule has 0 unspecified atom stereocenters. The van der Waals surface area contributed by atoms with Crippen molar-refractivity contribution in [3.8, 4) is 5.88 Å². The number of hydrogen-bond donors (Lipinski definition) is 1. The summed E-state index contributed by atoms with van der Waals surface area (Å²) in [4.78, 5) is 4.12. The molecule has 0 radical (unpaired) electrons. The second-order valence-corrected chi connectivity index (χ2v) is 2.60. The fourth-order valence-electron chi connectivity index (χ4n) is 1.02. The molecule has 1 rings (SSSR count). The Balaban J connectivity index is 2.71. The molecule has 0 aliphatic rings. The first-order valence-electron chi connectivity index (χ1n) is 4.20. The van der Waals surface area contributed by atoms with E-state index in [9.17, 15) is 0 Å². The summed E-state index contributed by atoms with van der Waals surface area (Å²) < 4.78 is 5.37. The molecule has 1 heterocycles. The van der Waals surface area contributed by atoms with Gasteiger partial charge in [0, 0.05) is 18.3 Å². The van der Waals surface area contributed by atoms with E-state index in [4.69, 9.17) is 4.74 Å². The third-order valence-electron chi connectivity index (χ3n) is 1.56. The van der Waals surface area contributed by atoms with Gasteiger partial charge in [-0.05, 0) is 13.1 Å². The van der Waals surface area contributed by atoms with Crippen LogP contribution in [0.2, 0.25) is 0 Å². The van der Waals surface area contributed by atoms with Crippen molar-refractivity contribution in [2.24, 2.45) is 0 Å². The number of aromatic nitrogens is 1. The molecule has 0 aromatic carbocycles. The highest BCUT2D eigenvalue weighted by molar-refractivity contribution is 5.25. The predicted molar refractivity (Wildman–Crippen MR) is 52.7 cm³/mol. The minimum absolute atomic E-state index is 0.494. The van der Waals surface area contributed by atoms with Crippen LogP contribution in [-0.4, -0.2) is 18.6 Å². The number of nitrogens with one attached hydrogen (secondary N) is 1. The van der Waals surface area contributed by atoms with Gasteiger partial charge in [-0.2, -0.15) is 0 Å². The number of hydrogen-bond acceptors (Lipinski definition) is 3. The summed E-state index contributed by atoms with van der Waals surface area (Å²) in [5, 5.41) is 3.05. The lowest BCUT2D eigenvalue weighted by atomic mass is 10.3. The Kier molecular flexibility index (Phi) is 3.99. The lowest BCUT2D eigenvalue weighted by Gasteiger charge is -2.07. The van der Waals surface area contributed by atoms with Gasteiger partial charge < -0.3 is 10.1 Å². The van der Waals surface area contributed by atoms with Gasteiger partial charge in [0.15, 0.2) is 0 Å². The predicted octanol–water partition coefficient (Wildman–Crippen LogP) is 1.37. The first kappa shape index (κ1) is 9.74. The first-order valence-corrected chi connectivity index (χ1v) is 4.20. The monoisotopic (exact) mass is 178 g/mol. The summed E-state index contributed by atoms with van der Waals surface area (Å²) in [6.07, 6.45) is 3.43. The third-order valence-corrected chi connectivity index (χ3v) is 1.56. The fourth-order valence-corrected chi connectivity index (χ4v) is 1.02. The summed E-state index contributed by atoms with van der Waals surface area (Å²) in [7, 11) is 1.89. The average Bonchev–Trinajstić information content (AvgIpc) is 2.17. The van der Waals surface area contributed by atoms with Crippen LogP contribution in [0.3, 0.4) is 0 Å². The van der Waals surface area contributed by atoms with Crippen LogP contribution >= 0.6 is 0 Å². The van der Waals surface area contributed by atoms with E-state index >= 15 is 0 Å². The van der Waals surface area contributed by atoms with E-state index in [2.05, 4.69) is 16.9 Å². The standard InChI is InChI=1S/C10H14N2O/c1-3-7-13-10-9(8-11-2)5-4-6-12-10/h3-6,11H,1,7-8H2,2H3. The maximum absolute atomic E-state index is 5.37. The smallest absolute Gasteiger partial charge is 0.218 e. The molecule has 0 fully saturated rings. The third kappa shape index (κ3) is 2.87. The number of pyridine rings is 1. The van der Waals surface area contributed by atoms with Gasteiger partial charge in [0.1, 0.15) is 6.61 Å². The summed E-state index contributed by atoms with van der Waals surface area (Å²) in [5.41, 5.74) is 1.06. The van der Waals surface area contributed by atoms with E-state index in [1.54, 1.807) is 12.3 Å². The van der Waals surface area contributed by atoms with Crippen molar-refractivity contribution in [1.29, 1.82) is 0 Å². The summed E-state index contributed by atoms with van der Waals surface area (Å²) >= 11 is 0. The summed E-state index contributed by atoms with van der Waals surface area (Å²) in [6.45, 7) is 4.84. The molecule has 1 aromatic heterocycles. The molecular formula is C10H14N2O. The van der Waals surface area contributed by atoms with E-state index in [0.717, 1.165) is 12.1 Å². The van der Waals surface area contributed by atoms with Crippen LogP contribution in [0.4, 0.5) is 0 Å². The second kappa shape index (κ2) is 5.32. The lowest BCUT2D eigenvalue weighted by molar-refractivity contribution is 0.343. The molecule has 1 aromatic rings. The molecule has 1 N–H and O–H groups in total. The van der Waals surface area contributed by atoms with Gasteiger partial charge in [0.05, 0.1) is 0 Å². The Hall–Kier alpha value is -1.35. The number of ether oxygens (including phenoxy) is 1. The van der Waals surface area contributed by atoms with Crippen molar-refractivity contribution < 1.29 is 4.74 Å². The van der Waals surface area contributed by atoms with Crippen molar-refractivity contribution >= 4 is 0 Å². The maximum atomic E-state index is 5.37. The van der Waals surface area contributed by atoms with Crippen molar-refractivity contribution in [3.05, 3.63) is 36.5 Å². The zero-order valence-electron chi connectivity index (χ0n) is 7.79. The molecule has 0 spiro atoms. The van der Waals surface area contributed by atoms with E-state index in [-0.39, 0.29) is 0 Å². The zero-order valence-corrected chi connectivity index (χ0v) is 7.79. The van der Waals surface area contributed by atoms with Crippen molar-refractivity contribution in [1.82, 2.24) is 10.3 Å². The Morgan fingerprint density at radius 2 is 2.54 bits per heavy atom. The minimum Gasteiger partial charge on any atom is -0.473 e. The van der Waals surface area contributed by atoms with Crippen molar-refractivity contribution in [2.75, 3.05) is 13.7 Å². The van der Waals surface area contributed by atoms with Crippen LogP contribution in [0.25, 0.3) is 0 Å². The van der Waals surface area contributed by atoms with E-state index < -0.39 is 0 Å². The van der Waals surface area contributed by atoms with E-state index in [0.29, 0.717) is 12.5 Å². The Labute approximate surface area is 78.4 Å². The van der Waals surface area contributed by atoms with Crippen molar-refractivity contribution in [2.45, 2.75) is 6.54 Å². The molecular weight excluding hydrogens is 164 g/mol. The number of nitrogens with zero attached hydrogens (tertiary/aromatic N) is 1. The molecule has 3 heteroatoms. The molecule has 13 heavy (non-hydrogen) atoms. The van der Waals surface area contributed by atoms with Gasteiger partial charge >= 0.3 is 0 Å².